The molecule has 106 valence electrons. The third-order valence-electron chi connectivity index (χ3n) is 3.05. The van der Waals surface area contributed by atoms with Gasteiger partial charge in [-0.05, 0) is 24.6 Å². The number of carbonyl (C=O) groups is 1. The maximum absolute atomic E-state index is 13.7. The fraction of sp³-hybridized carbons (Fsp3) is 0.286. The Balaban J connectivity index is 2.32. The van der Waals surface area contributed by atoms with Gasteiger partial charge >= 0.3 is 5.69 Å². The Morgan fingerprint density at radius 3 is 2.65 bits per heavy atom. The molecule has 0 saturated carbocycles. The Kier molecular flexibility index (Phi) is 4.02. The van der Waals surface area contributed by atoms with Crippen LogP contribution in [0.4, 0.5) is 4.39 Å². The second-order valence-corrected chi connectivity index (χ2v) is 4.57. The minimum atomic E-state index is -0.623. The number of benzene rings is 1. The van der Waals surface area contributed by atoms with Gasteiger partial charge in [-0.1, -0.05) is 6.92 Å². The van der Waals surface area contributed by atoms with E-state index in [0.29, 0.717) is 6.54 Å². The normalized spacial score (nSPS) is 10.7. The summed E-state index contributed by atoms with van der Waals surface area (Å²) in [6.07, 6.45) is 4.12. The third-order valence-corrected chi connectivity index (χ3v) is 3.05. The van der Waals surface area contributed by atoms with Gasteiger partial charge in [-0.15, -0.1) is 0 Å². The van der Waals surface area contributed by atoms with Gasteiger partial charge in [-0.25, -0.2) is 9.18 Å². The monoisotopic (exact) mass is 277 g/mol. The van der Waals surface area contributed by atoms with E-state index in [1.165, 1.54) is 22.8 Å². The topological polar surface area (TPSA) is 70.0 Å². The fourth-order valence-electron chi connectivity index (χ4n) is 2.02. The summed E-state index contributed by atoms with van der Waals surface area (Å²) in [5.74, 6) is -1.09. The third kappa shape index (κ3) is 2.79. The van der Waals surface area contributed by atoms with Gasteiger partial charge in [0, 0.05) is 30.1 Å². The summed E-state index contributed by atoms with van der Waals surface area (Å²) in [6.45, 7) is 2.66. The van der Waals surface area contributed by atoms with E-state index in [1.54, 1.807) is 17.0 Å². The van der Waals surface area contributed by atoms with Crippen LogP contribution in [0.2, 0.25) is 0 Å². The Morgan fingerprint density at radius 1 is 1.30 bits per heavy atom. The number of nitrogens with two attached hydrogens (primary N) is 1. The van der Waals surface area contributed by atoms with Gasteiger partial charge < -0.3 is 5.73 Å². The second kappa shape index (κ2) is 5.73. The average Bonchev–Trinajstić information content (AvgIpc) is 2.74. The van der Waals surface area contributed by atoms with Crippen LogP contribution in [-0.2, 0) is 13.1 Å². The molecule has 0 atom stereocenters. The molecule has 0 aliphatic rings. The number of halogens is 1. The summed E-state index contributed by atoms with van der Waals surface area (Å²) in [5, 5.41) is 0. The molecular weight excluding hydrogens is 261 g/mol. The molecule has 0 saturated heterocycles. The Labute approximate surface area is 115 Å². The number of aryl methyl sites for hydroxylation is 1. The summed E-state index contributed by atoms with van der Waals surface area (Å²) >= 11 is 0. The predicted octanol–water partition coefficient (Wildman–Crippen LogP) is 1.35. The van der Waals surface area contributed by atoms with E-state index in [2.05, 4.69) is 0 Å². The summed E-state index contributed by atoms with van der Waals surface area (Å²) in [7, 11) is 0. The van der Waals surface area contributed by atoms with Crippen LogP contribution >= 0.6 is 0 Å². The lowest BCUT2D eigenvalue weighted by Crippen LogP contribution is -2.24. The van der Waals surface area contributed by atoms with Crippen molar-refractivity contribution in [1.29, 1.82) is 0 Å². The van der Waals surface area contributed by atoms with E-state index in [9.17, 15) is 14.0 Å². The van der Waals surface area contributed by atoms with Crippen LogP contribution in [0.1, 0.15) is 29.3 Å². The number of aromatic nitrogens is 2. The maximum atomic E-state index is 13.7. The van der Waals surface area contributed by atoms with E-state index in [1.807, 2.05) is 6.92 Å². The second-order valence-electron chi connectivity index (χ2n) is 4.57. The first-order valence-electron chi connectivity index (χ1n) is 6.36. The first-order chi connectivity index (χ1) is 9.52. The lowest BCUT2D eigenvalue weighted by molar-refractivity contribution is 0.1000. The molecule has 1 heterocycles. The predicted molar refractivity (Wildman–Crippen MR) is 73.0 cm³/mol. The van der Waals surface area contributed by atoms with E-state index in [4.69, 9.17) is 5.73 Å². The molecule has 2 N–H and O–H groups in total. The molecule has 0 aliphatic carbocycles. The molecule has 6 heteroatoms. The Bertz CT molecular complexity index is 688. The highest BCUT2D eigenvalue weighted by molar-refractivity contribution is 5.92. The van der Waals surface area contributed by atoms with Gasteiger partial charge in [-0.2, -0.15) is 0 Å². The molecule has 0 spiro atoms. The van der Waals surface area contributed by atoms with E-state index in [-0.39, 0.29) is 23.4 Å². The van der Waals surface area contributed by atoms with Crippen molar-refractivity contribution in [1.82, 2.24) is 9.13 Å². The van der Waals surface area contributed by atoms with Crippen molar-refractivity contribution in [3.05, 3.63) is 58.0 Å². The van der Waals surface area contributed by atoms with Crippen LogP contribution in [0.5, 0.6) is 0 Å². The SMILES string of the molecule is CCCn1ccn(Cc2cc(C(N)=O)ccc2F)c1=O. The number of hydrogen-bond acceptors (Lipinski definition) is 2. The van der Waals surface area contributed by atoms with Gasteiger partial charge in [0.2, 0.25) is 5.91 Å². The smallest absolute Gasteiger partial charge is 0.328 e. The molecule has 0 radical (unpaired) electrons. The van der Waals surface area contributed by atoms with E-state index in [0.717, 1.165) is 6.42 Å². The summed E-state index contributed by atoms with van der Waals surface area (Å²) in [5.41, 5.74) is 5.45. The summed E-state index contributed by atoms with van der Waals surface area (Å²) < 4.78 is 16.7. The zero-order valence-electron chi connectivity index (χ0n) is 11.2. The van der Waals surface area contributed by atoms with Crippen molar-refractivity contribution < 1.29 is 9.18 Å². The Morgan fingerprint density at radius 2 is 2.00 bits per heavy atom. The standard InChI is InChI=1S/C14H16FN3O2/c1-2-5-17-6-7-18(14(17)20)9-11-8-10(13(16)19)3-4-12(11)15/h3-4,6-8H,2,5,9H2,1H3,(H2,16,19). The molecule has 20 heavy (non-hydrogen) atoms. The number of imidazole rings is 1. The highest BCUT2D eigenvalue weighted by Crippen LogP contribution is 2.11. The molecule has 1 amide bonds. The molecule has 0 bridgehead atoms. The summed E-state index contributed by atoms with van der Waals surface area (Å²) in [6, 6.07) is 3.89. The molecule has 2 aromatic rings. The molecule has 5 nitrogen and oxygen atoms in total. The number of nitrogens with zero attached hydrogens (tertiary/aromatic N) is 2. The molecule has 1 aromatic carbocycles. The van der Waals surface area contributed by atoms with Crippen LogP contribution in [0.25, 0.3) is 0 Å². The molecule has 1 aromatic heterocycles. The van der Waals surface area contributed by atoms with Gasteiger partial charge in [-0.3, -0.25) is 13.9 Å². The minimum absolute atomic E-state index is 0.0719. The van der Waals surface area contributed by atoms with Crippen LogP contribution in [0.3, 0.4) is 0 Å². The van der Waals surface area contributed by atoms with Gasteiger partial charge in [0.1, 0.15) is 5.82 Å². The number of amides is 1. The summed E-state index contributed by atoms with van der Waals surface area (Å²) in [4.78, 5) is 23.1. The van der Waals surface area contributed by atoms with Crippen molar-refractivity contribution in [3.63, 3.8) is 0 Å². The van der Waals surface area contributed by atoms with Crippen molar-refractivity contribution in [2.24, 2.45) is 5.73 Å². The molecular formula is C14H16FN3O2. The number of primary amides is 1. The van der Waals surface area contributed by atoms with Crippen molar-refractivity contribution in [3.8, 4) is 0 Å². The van der Waals surface area contributed by atoms with Crippen molar-refractivity contribution in [2.45, 2.75) is 26.4 Å². The zero-order chi connectivity index (χ0) is 14.7. The maximum Gasteiger partial charge on any atom is 0.328 e. The van der Waals surface area contributed by atoms with Crippen LogP contribution in [0, 0.1) is 5.82 Å². The molecule has 0 unspecified atom stereocenters. The van der Waals surface area contributed by atoms with Gasteiger partial charge in [0.15, 0.2) is 0 Å². The molecule has 2 rings (SSSR count). The quantitative estimate of drug-likeness (QED) is 0.896. The Hall–Kier alpha value is -2.37. The number of carbonyl (C=O) groups excluding carboxylic acids is 1. The largest absolute Gasteiger partial charge is 0.366 e. The van der Waals surface area contributed by atoms with Gasteiger partial charge in [0.05, 0.1) is 6.54 Å². The average molecular weight is 277 g/mol. The van der Waals surface area contributed by atoms with Crippen LogP contribution < -0.4 is 11.4 Å². The van der Waals surface area contributed by atoms with Crippen molar-refractivity contribution >= 4 is 5.91 Å². The van der Waals surface area contributed by atoms with Crippen molar-refractivity contribution in [2.75, 3.05) is 0 Å². The number of hydrogen-bond donors (Lipinski definition) is 1. The lowest BCUT2D eigenvalue weighted by atomic mass is 10.1. The van der Waals surface area contributed by atoms with Gasteiger partial charge in [0.25, 0.3) is 0 Å². The van der Waals surface area contributed by atoms with Crippen LogP contribution in [-0.4, -0.2) is 15.0 Å². The fourth-order valence-corrected chi connectivity index (χ4v) is 2.02. The highest BCUT2D eigenvalue weighted by Gasteiger charge is 2.10. The minimum Gasteiger partial charge on any atom is -0.366 e. The van der Waals surface area contributed by atoms with E-state index >= 15 is 0 Å². The zero-order valence-corrected chi connectivity index (χ0v) is 11.2. The van der Waals surface area contributed by atoms with E-state index < -0.39 is 11.7 Å². The first kappa shape index (κ1) is 14.0. The number of rotatable bonds is 5. The molecule has 0 fully saturated rings. The first-order valence-corrected chi connectivity index (χ1v) is 6.36. The van der Waals surface area contributed by atoms with Crippen LogP contribution in [0.15, 0.2) is 35.4 Å². The highest BCUT2D eigenvalue weighted by atomic mass is 19.1. The lowest BCUT2D eigenvalue weighted by Gasteiger charge is -2.05. The molecule has 0 aliphatic heterocycles.